The summed E-state index contributed by atoms with van der Waals surface area (Å²) in [6.07, 6.45) is 5.87. The van der Waals surface area contributed by atoms with Crippen LogP contribution in [0, 0.1) is 5.82 Å². The molecule has 3 heterocycles. The maximum Gasteiger partial charge on any atom is 0.160 e. The van der Waals surface area contributed by atoms with Crippen molar-refractivity contribution in [1.82, 2.24) is 19.5 Å². The highest BCUT2D eigenvalue weighted by Crippen LogP contribution is 2.25. The Balaban J connectivity index is 1.71. The molecule has 0 bridgehead atoms. The topological polar surface area (TPSA) is 53.7 Å². The number of allylic oxidation sites excluding steroid dienone is 2. The van der Waals surface area contributed by atoms with E-state index in [1.807, 2.05) is 49.0 Å². The first-order valence-electron chi connectivity index (χ1n) is 8.40. The van der Waals surface area contributed by atoms with Gasteiger partial charge in [0.15, 0.2) is 5.65 Å². The normalized spacial score (nSPS) is 17.4. The Morgan fingerprint density at radius 3 is 2.62 bits per heavy atom. The minimum Gasteiger partial charge on any atom is -0.370 e. The molecule has 132 valence electrons. The summed E-state index contributed by atoms with van der Waals surface area (Å²) >= 11 is 0. The molecule has 1 aromatic carbocycles. The summed E-state index contributed by atoms with van der Waals surface area (Å²) in [5.41, 5.74) is 4.65. The van der Waals surface area contributed by atoms with Crippen LogP contribution >= 0.6 is 0 Å². The highest BCUT2D eigenvalue weighted by molar-refractivity contribution is 5.75. The molecule has 0 saturated carbocycles. The highest BCUT2D eigenvalue weighted by atomic mass is 19.1. The molecule has 0 radical (unpaired) electrons. The van der Waals surface area contributed by atoms with E-state index in [9.17, 15) is 9.50 Å². The van der Waals surface area contributed by atoms with Gasteiger partial charge in [0.2, 0.25) is 0 Å². The third-order valence-electron chi connectivity index (χ3n) is 4.60. The van der Waals surface area contributed by atoms with Crippen molar-refractivity contribution in [2.24, 2.45) is 0 Å². The van der Waals surface area contributed by atoms with Gasteiger partial charge >= 0.3 is 0 Å². The standard InChI is InChI=1S/C20H19FN4O/c1-13-9-16(11-24(2)20(13)26)15-5-8-18-22-23-19(25(18)12-15)10-14-3-6-17(21)7-4-14/h3-9,11-12,20,26H,10H2,1-2H3. The van der Waals surface area contributed by atoms with Crippen molar-refractivity contribution in [3.63, 3.8) is 0 Å². The van der Waals surface area contributed by atoms with Crippen LogP contribution in [0.4, 0.5) is 4.39 Å². The maximum atomic E-state index is 13.1. The van der Waals surface area contributed by atoms with Gasteiger partial charge in [0.25, 0.3) is 0 Å². The molecule has 3 aromatic rings. The summed E-state index contributed by atoms with van der Waals surface area (Å²) < 4.78 is 15.1. The summed E-state index contributed by atoms with van der Waals surface area (Å²) in [5, 5.41) is 18.5. The zero-order chi connectivity index (χ0) is 18.3. The lowest BCUT2D eigenvalue weighted by atomic mass is 10.0. The molecule has 0 aliphatic carbocycles. The molecule has 0 saturated heterocycles. The second kappa shape index (κ2) is 6.38. The third kappa shape index (κ3) is 2.99. The van der Waals surface area contributed by atoms with Gasteiger partial charge in [-0.2, -0.15) is 0 Å². The first kappa shape index (κ1) is 16.5. The molecule has 1 aliphatic rings. The summed E-state index contributed by atoms with van der Waals surface area (Å²) in [6, 6.07) is 10.3. The number of benzene rings is 1. The van der Waals surface area contributed by atoms with Crippen molar-refractivity contribution in [2.75, 3.05) is 7.05 Å². The predicted octanol–water partition coefficient (Wildman–Crippen LogP) is 3.01. The zero-order valence-electron chi connectivity index (χ0n) is 14.6. The number of nitrogens with zero attached hydrogens (tertiary/aromatic N) is 4. The summed E-state index contributed by atoms with van der Waals surface area (Å²) in [4.78, 5) is 1.78. The Morgan fingerprint density at radius 2 is 1.88 bits per heavy atom. The van der Waals surface area contributed by atoms with Gasteiger partial charge in [0, 0.05) is 25.9 Å². The Labute approximate surface area is 150 Å². The number of hydrogen-bond acceptors (Lipinski definition) is 4. The minimum atomic E-state index is -0.591. The fourth-order valence-electron chi connectivity index (χ4n) is 3.14. The smallest absolute Gasteiger partial charge is 0.160 e. The molecule has 1 unspecified atom stereocenters. The molecule has 26 heavy (non-hydrogen) atoms. The Kier molecular flexibility index (Phi) is 4.05. The van der Waals surface area contributed by atoms with Crippen LogP contribution in [0.2, 0.25) is 0 Å². The van der Waals surface area contributed by atoms with E-state index in [2.05, 4.69) is 10.2 Å². The van der Waals surface area contributed by atoms with Gasteiger partial charge in [-0.15, -0.1) is 10.2 Å². The van der Waals surface area contributed by atoms with Gasteiger partial charge in [-0.1, -0.05) is 12.1 Å². The van der Waals surface area contributed by atoms with Crippen molar-refractivity contribution in [3.8, 4) is 0 Å². The predicted molar refractivity (Wildman–Crippen MR) is 97.7 cm³/mol. The number of aromatic nitrogens is 3. The minimum absolute atomic E-state index is 0.250. The number of fused-ring (bicyclic) bond motifs is 1. The van der Waals surface area contributed by atoms with Crippen LogP contribution in [0.3, 0.4) is 0 Å². The molecule has 1 aliphatic heterocycles. The van der Waals surface area contributed by atoms with Crippen LogP contribution in [0.5, 0.6) is 0 Å². The Bertz CT molecular complexity index is 1020. The summed E-state index contributed by atoms with van der Waals surface area (Å²) in [7, 11) is 1.85. The zero-order valence-corrected chi connectivity index (χ0v) is 14.6. The van der Waals surface area contributed by atoms with Crippen LogP contribution in [-0.2, 0) is 6.42 Å². The first-order valence-corrected chi connectivity index (χ1v) is 8.40. The molecule has 0 amide bonds. The number of aliphatic hydroxyl groups excluding tert-OH is 1. The molecule has 4 rings (SSSR count). The lowest BCUT2D eigenvalue weighted by Gasteiger charge is -2.27. The van der Waals surface area contributed by atoms with E-state index in [0.29, 0.717) is 6.42 Å². The lowest BCUT2D eigenvalue weighted by molar-refractivity contribution is 0.0868. The van der Waals surface area contributed by atoms with E-state index in [4.69, 9.17) is 0 Å². The van der Waals surface area contributed by atoms with Gasteiger partial charge in [-0.05, 0) is 59.5 Å². The average Bonchev–Trinajstić information content (AvgIpc) is 3.03. The van der Waals surface area contributed by atoms with E-state index in [0.717, 1.165) is 33.7 Å². The molecule has 6 heteroatoms. The monoisotopic (exact) mass is 350 g/mol. The molecule has 2 aromatic heterocycles. The highest BCUT2D eigenvalue weighted by Gasteiger charge is 2.17. The van der Waals surface area contributed by atoms with Gasteiger partial charge in [0.1, 0.15) is 17.9 Å². The van der Waals surface area contributed by atoms with Crippen LogP contribution < -0.4 is 0 Å². The Hall–Kier alpha value is -2.99. The fourth-order valence-corrected chi connectivity index (χ4v) is 3.14. The molecular formula is C20H19FN4O. The largest absolute Gasteiger partial charge is 0.370 e. The third-order valence-corrected chi connectivity index (χ3v) is 4.60. The SMILES string of the molecule is CC1=CC(c2ccc3nnc(Cc4ccc(F)cc4)n3c2)=CN(C)C1O. The van der Waals surface area contributed by atoms with Gasteiger partial charge in [-0.25, -0.2) is 4.39 Å². The summed E-state index contributed by atoms with van der Waals surface area (Å²) in [5.74, 6) is 0.541. The second-order valence-electron chi connectivity index (χ2n) is 6.58. The van der Waals surface area contributed by atoms with E-state index >= 15 is 0 Å². The number of likely N-dealkylation sites (N-methyl/N-ethyl adjacent to an activating group) is 1. The van der Waals surface area contributed by atoms with Crippen LogP contribution in [0.25, 0.3) is 11.2 Å². The van der Waals surface area contributed by atoms with E-state index in [1.165, 1.54) is 12.1 Å². The quantitative estimate of drug-likeness (QED) is 0.789. The van der Waals surface area contributed by atoms with Crippen molar-refractivity contribution in [1.29, 1.82) is 0 Å². The molecule has 1 atom stereocenters. The molecule has 1 N–H and O–H groups in total. The van der Waals surface area contributed by atoms with Crippen molar-refractivity contribution in [2.45, 2.75) is 19.6 Å². The Morgan fingerprint density at radius 1 is 1.12 bits per heavy atom. The van der Waals surface area contributed by atoms with E-state index in [-0.39, 0.29) is 5.82 Å². The average molecular weight is 350 g/mol. The van der Waals surface area contributed by atoms with Crippen LogP contribution in [0.1, 0.15) is 23.9 Å². The summed E-state index contributed by atoms with van der Waals surface area (Å²) in [6.45, 7) is 1.91. The number of aliphatic hydroxyl groups is 1. The lowest BCUT2D eigenvalue weighted by Crippen LogP contribution is -2.30. The number of pyridine rings is 1. The number of halogens is 1. The van der Waals surface area contributed by atoms with Crippen LogP contribution in [-0.4, -0.2) is 37.9 Å². The second-order valence-corrected chi connectivity index (χ2v) is 6.58. The first-order chi connectivity index (χ1) is 12.5. The van der Waals surface area contributed by atoms with Crippen LogP contribution in [0.15, 0.2) is 60.4 Å². The molecular weight excluding hydrogens is 331 g/mol. The molecule has 0 spiro atoms. The van der Waals surface area contributed by atoms with Gasteiger partial charge in [-0.3, -0.25) is 4.40 Å². The van der Waals surface area contributed by atoms with Gasteiger partial charge < -0.3 is 10.0 Å². The van der Waals surface area contributed by atoms with E-state index < -0.39 is 6.23 Å². The molecule has 5 nitrogen and oxygen atoms in total. The van der Waals surface area contributed by atoms with Crippen molar-refractivity contribution >= 4 is 11.2 Å². The van der Waals surface area contributed by atoms with E-state index in [1.54, 1.807) is 17.0 Å². The van der Waals surface area contributed by atoms with Crippen molar-refractivity contribution < 1.29 is 9.50 Å². The number of rotatable bonds is 3. The van der Waals surface area contributed by atoms with Gasteiger partial charge in [0.05, 0.1) is 0 Å². The fraction of sp³-hybridized carbons (Fsp3) is 0.200. The molecule has 0 fully saturated rings. The number of hydrogen-bond donors (Lipinski definition) is 1. The van der Waals surface area contributed by atoms with Crippen molar-refractivity contribution in [3.05, 3.63) is 83.2 Å². The maximum absolute atomic E-state index is 13.1.